The second-order valence-corrected chi connectivity index (χ2v) is 8.64. The number of aromatic nitrogens is 5. The summed E-state index contributed by atoms with van der Waals surface area (Å²) in [5, 5.41) is 16.6. The lowest BCUT2D eigenvalue weighted by Crippen LogP contribution is -2.36. The van der Waals surface area contributed by atoms with Gasteiger partial charge in [-0.2, -0.15) is 4.98 Å². The van der Waals surface area contributed by atoms with Crippen LogP contribution in [0.15, 0.2) is 49.1 Å². The van der Waals surface area contributed by atoms with E-state index >= 15 is 0 Å². The predicted octanol–water partition coefficient (Wildman–Crippen LogP) is 4.67. The minimum atomic E-state index is -0.192. The first-order valence-electron chi connectivity index (χ1n) is 11.3. The number of ether oxygens (including phenoxy) is 2. The second-order valence-electron chi connectivity index (χ2n) is 7.89. The van der Waals surface area contributed by atoms with Gasteiger partial charge < -0.3 is 30.1 Å². The molecule has 0 spiro atoms. The molecule has 1 aromatic carbocycles. The van der Waals surface area contributed by atoms with Gasteiger partial charge in [-0.15, -0.1) is 0 Å². The van der Waals surface area contributed by atoms with Crippen LogP contribution in [0.3, 0.4) is 0 Å². The van der Waals surface area contributed by atoms with Crippen molar-refractivity contribution in [3.05, 3.63) is 59.1 Å². The maximum Gasteiger partial charge on any atom is 0.230 e. The van der Waals surface area contributed by atoms with Crippen molar-refractivity contribution >= 4 is 52.2 Å². The maximum atomic E-state index is 10.2. The zero-order chi connectivity index (χ0) is 25.8. The highest BCUT2D eigenvalue weighted by molar-refractivity contribution is 6.41. The second kappa shape index (κ2) is 11.0. The van der Waals surface area contributed by atoms with Crippen LogP contribution in [-0.2, 0) is 4.74 Å². The van der Waals surface area contributed by atoms with Crippen LogP contribution in [0.2, 0.25) is 10.0 Å². The first kappa shape index (κ1) is 24.8. The summed E-state index contributed by atoms with van der Waals surface area (Å²) in [7, 11) is 1.44. The summed E-state index contributed by atoms with van der Waals surface area (Å²) in [4.78, 5) is 24.2. The number of anilines is 5. The summed E-state index contributed by atoms with van der Waals surface area (Å²) < 4.78 is 10.6. The van der Waals surface area contributed by atoms with Crippen LogP contribution in [-0.4, -0.2) is 63.4 Å². The number of hydrogen-bond acceptors (Lipinski definition) is 11. The standard InChI is InChI=1S/C24H22Cl2N8O3/c1-36-17-11-16(35)19(25)21(20(17)26)32-22-15(3-2-6-27-22)23-29-13-30-24(33-23)31-14-4-5-18(28-12-14)34-7-9-37-10-8-34/h2-6,11-13,35H,7-10H2,1H3,(H,27,32)(H,29,30,31,33). The molecule has 0 unspecified atom stereocenters. The molecule has 3 aromatic heterocycles. The number of phenols is 1. The number of methoxy groups -OCH3 is 1. The number of nitrogens with one attached hydrogen (secondary N) is 2. The largest absolute Gasteiger partial charge is 0.506 e. The van der Waals surface area contributed by atoms with Crippen LogP contribution in [0, 0.1) is 0 Å². The Bertz CT molecular complexity index is 1400. The van der Waals surface area contributed by atoms with Crippen molar-refractivity contribution in [3.63, 3.8) is 0 Å². The number of nitrogens with zero attached hydrogens (tertiary/aromatic N) is 6. The lowest BCUT2D eigenvalue weighted by molar-refractivity contribution is 0.122. The number of benzene rings is 1. The van der Waals surface area contributed by atoms with Gasteiger partial charge in [0.15, 0.2) is 5.82 Å². The Morgan fingerprint density at radius 2 is 1.86 bits per heavy atom. The van der Waals surface area contributed by atoms with Crippen molar-refractivity contribution in [2.75, 3.05) is 48.9 Å². The predicted molar refractivity (Wildman–Crippen MR) is 142 cm³/mol. The Labute approximate surface area is 222 Å². The fourth-order valence-corrected chi connectivity index (χ4v) is 4.23. The number of halogens is 2. The average molecular weight is 541 g/mol. The van der Waals surface area contributed by atoms with Gasteiger partial charge in [-0.05, 0) is 24.3 Å². The molecule has 5 rings (SSSR count). The van der Waals surface area contributed by atoms with Gasteiger partial charge in [-0.25, -0.2) is 19.9 Å². The number of rotatable bonds is 7. The molecule has 37 heavy (non-hydrogen) atoms. The van der Waals surface area contributed by atoms with Gasteiger partial charge in [0.2, 0.25) is 5.95 Å². The Morgan fingerprint density at radius 1 is 1.03 bits per heavy atom. The van der Waals surface area contributed by atoms with Crippen LogP contribution < -0.4 is 20.3 Å². The van der Waals surface area contributed by atoms with Crippen LogP contribution in [0.5, 0.6) is 11.5 Å². The van der Waals surface area contributed by atoms with E-state index in [1.807, 2.05) is 12.1 Å². The highest BCUT2D eigenvalue weighted by Crippen LogP contribution is 2.45. The van der Waals surface area contributed by atoms with E-state index in [1.54, 1.807) is 24.5 Å². The minimum absolute atomic E-state index is 0.0217. The number of pyridine rings is 2. The van der Waals surface area contributed by atoms with Gasteiger partial charge in [-0.1, -0.05) is 23.2 Å². The summed E-state index contributed by atoms with van der Waals surface area (Å²) in [6.07, 6.45) is 4.72. The summed E-state index contributed by atoms with van der Waals surface area (Å²) in [5.41, 5.74) is 1.52. The van der Waals surface area contributed by atoms with E-state index in [0.29, 0.717) is 36.4 Å². The molecule has 4 heterocycles. The van der Waals surface area contributed by atoms with E-state index < -0.39 is 0 Å². The van der Waals surface area contributed by atoms with Gasteiger partial charge in [0.05, 0.1) is 43.5 Å². The maximum absolute atomic E-state index is 10.2. The molecule has 1 saturated heterocycles. The highest BCUT2D eigenvalue weighted by atomic mass is 35.5. The Hall–Kier alpha value is -3.93. The summed E-state index contributed by atoms with van der Waals surface area (Å²) in [5.74, 6) is 2.00. The van der Waals surface area contributed by atoms with Crippen LogP contribution >= 0.6 is 23.2 Å². The van der Waals surface area contributed by atoms with Gasteiger partial charge in [-0.3, -0.25) is 0 Å². The van der Waals surface area contributed by atoms with E-state index in [0.717, 1.165) is 24.6 Å². The topological polar surface area (TPSA) is 130 Å². The lowest BCUT2D eigenvalue weighted by Gasteiger charge is -2.27. The molecule has 1 aliphatic rings. The normalized spacial score (nSPS) is 13.3. The molecule has 0 saturated carbocycles. The number of phenolic OH excluding ortho intramolecular Hbond substituents is 1. The van der Waals surface area contributed by atoms with E-state index in [2.05, 4.69) is 40.5 Å². The Kier molecular flexibility index (Phi) is 7.35. The van der Waals surface area contributed by atoms with Crippen molar-refractivity contribution in [1.82, 2.24) is 24.9 Å². The molecular formula is C24H22Cl2N8O3. The first-order chi connectivity index (χ1) is 18.0. The molecule has 1 aliphatic heterocycles. The molecule has 0 aliphatic carbocycles. The minimum Gasteiger partial charge on any atom is -0.506 e. The average Bonchev–Trinajstić information content (AvgIpc) is 2.94. The molecule has 1 fully saturated rings. The van der Waals surface area contributed by atoms with E-state index in [9.17, 15) is 5.11 Å². The van der Waals surface area contributed by atoms with Gasteiger partial charge in [0.25, 0.3) is 0 Å². The Balaban J connectivity index is 1.39. The van der Waals surface area contributed by atoms with Crippen molar-refractivity contribution < 1.29 is 14.6 Å². The number of hydrogen-bond donors (Lipinski definition) is 3. The fourth-order valence-electron chi connectivity index (χ4n) is 3.72. The molecule has 3 N–H and O–H groups in total. The SMILES string of the molecule is COc1cc(O)c(Cl)c(Nc2ncccc2-c2ncnc(Nc3ccc(N4CCOCC4)nc3)n2)c1Cl. The fraction of sp³-hybridized carbons (Fsp3) is 0.208. The summed E-state index contributed by atoms with van der Waals surface area (Å²) >= 11 is 12.7. The zero-order valence-corrected chi connectivity index (χ0v) is 21.2. The quantitative estimate of drug-likeness (QED) is 0.302. The third-order valence-corrected chi connectivity index (χ3v) is 6.33. The summed E-state index contributed by atoms with van der Waals surface area (Å²) in [6.45, 7) is 3.00. The molecular weight excluding hydrogens is 519 g/mol. The van der Waals surface area contributed by atoms with E-state index in [-0.39, 0.29) is 27.2 Å². The third-order valence-electron chi connectivity index (χ3n) is 5.57. The number of morpholine rings is 1. The molecule has 190 valence electrons. The van der Waals surface area contributed by atoms with Gasteiger partial charge in [0.1, 0.15) is 39.5 Å². The van der Waals surface area contributed by atoms with E-state index in [1.165, 1.54) is 19.5 Å². The van der Waals surface area contributed by atoms with E-state index in [4.69, 9.17) is 32.7 Å². The lowest BCUT2D eigenvalue weighted by atomic mass is 10.2. The molecule has 0 radical (unpaired) electrons. The molecule has 0 bridgehead atoms. The third kappa shape index (κ3) is 5.43. The molecule has 13 heteroatoms. The van der Waals surface area contributed by atoms with Crippen molar-refractivity contribution in [1.29, 1.82) is 0 Å². The highest BCUT2D eigenvalue weighted by Gasteiger charge is 2.19. The van der Waals surface area contributed by atoms with Gasteiger partial charge >= 0.3 is 0 Å². The molecule has 11 nitrogen and oxygen atoms in total. The molecule has 4 aromatic rings. The van der Waals surface area contributed by atoms with Gasteiger partial charge in [0, 0.05) is 25.4 Å². The monoisotopic (exact) mass is 540 g/mol. The number of aromatic hydroxyl groups is 1. The van der Waals surface area contributed by atoms with Crippen LogP contribution in [0.4, 0.5) is 29.0 Å². The first-order valence-corrected chi connectivity index (χ1v) is 12.0. The van der Waals surface area contributed by atoms with Crippen molar-refractivity contribution in [3.8, 4) is 22.9 Å². The molecule has 0 atom stereocenters. The Morgan fingerprint density at radius 3 is 2.62 bits per heavy atom. The smallest absolute Gasteiger partial charge is 0.230 e. The van der Waals surface area contributed by atoms with Crippen molar-refractivity contribution in [2.45, 2.75) is 0 Å². The van der Waals surface area contributed by atoms with Crippen LogP contribution in [0.1, 0.15) is 0 Å². The zero-order valence-electron chi connectivity index (χ0n) is 19.7. The van der Waals surface area contributed by atoms with Crippen LogP contribution in [0.25, 0.3) is 11.4 Å². The summed E-state index contributed by atoms with van der Waals surface area (Å²) in [6, 6.07) is 8.72. The van der Waals surface area contributed by atoms with Crippen molar-refractivity contribution in [2.24, 2.45) is 0 Å². The molecule has 0 amide bonds.